The topological polar surface area (TPSA) is 46.2 Å². The Labute approximate surface area is 111 Å². The monoisotopic (exact) mass is 327 g/mol. The summed E-state index contributed by atoms with van der Waals surface area (Å²) in [7, 11) is 0. The van der Waals surface area contributed by atoms with Gasteiger partial charge in [-0.25, -0.2) is 4.39 Å². The van der Waals surface area contributed by atoms with Crippen molar-refractivity contribution in [3.05, 3.63) is 23.3 Å². The van der Waals surface area contributed by atoms with Gasteiger partial charge < -0.3 is 10.8 Å². The summed E-state index contributed by atoms with van der Waals surface area (Å²) in [6.07, 6.45) is -16.4. The molecule has 3 N–H and O–H groups in total. The number of aromatic hydroxyl groups is 1. The van der Waals surface area contributed by atoms with Crippen LogP contribution in [0.3, 0.4) is 0 Å². The van der Waals surface area contributed by atoms with E-state index in [-0.39, 0.29) is 6.07 Å². The summed E-state index contributed by atoms with van der Waals surface area (Å²) in [5, 5.41) is 9.09. The van der Waals surface area contributed by atoms with Gasteiger partial charge in [0.2, 0.25) is 0 Å². The summed E-state index contributed by atoms with van der Waals surface area (Å²) < 4.78 is 113. The minimum absolute atomic E-state index is 0.0161. The number of alkyl halides is 9. The maximum Gasteiger partial charge on any atom is 0.456 e. The molecule has 2 nitrogen and oxygen atoms in total. The molecule has 0 saturated carbocycles. The van der Waals surface area contributed by atoms with Crippen LogP contribution in [-0.4, -0.2) is 17.2 Å². The van der Waals surface area contributed by atoms with Gasteiger partial charge in [0.25, 0.3) is 0 Å². The molecule has 0 aliphatic heterocycles. The number of anilines is 1. The third-order valence-corrected chi connectivity index (χ3v) is 2.49. The first kappa shape index (κ1) is 17.2. The minimum Gasteiger partial charge on any atom is -0.505 e. The Bertz CT molecular complexity index is 535. The molecule has 120 valence electrons. The second-order valence-electron chi connectivity index (χ2n) is 3.95. The molecule has 0 heterocycles. The highest BCUT2D eigenvalue weighted by Gasteiger charge is 2.64. The van der Waals surface area contributed by atoms with E-state index in [1.54, 1.807) is 0 Å². The van der Waals surface area contributed by atoms with Gasteiger partial charge in [0.15, 0.2) is 11.9 Å². The van der Waals surface area contributed by atoms with Crippen LogP contribution in [0.25, 0.3) is 0 Å². The Morgan fingerprint density at radius 3 is 1.81 bits per heavy atom. The first-order valence-electron chi connectivity index (χ1n) is 4.98. The van der Waals surface area contributed by atoms with Crippen LogP contribution in [0, 0.1) is 0 Å². The Morgan fingerprint density at radius 1 is 0.952 bits per heavy atom. The third kappa shape index (κ3) is 2.95. The van der Waals surface area contributed by atoms with Crippen molar-refractivity contribution in [2.45, 2.75) is 24.4 Å². The summed E-state index contributed by atoms with van der Waals surface area (Å²) in [5.41, 5.74) is -0.486. The summed E-state index contributed by atoms with van der Waals surface area (Å²) in [4.78, 5) is 0. The Hall–Kier alpha value is -1.81. The van der Waals surface area contributed by atoms with E-state index in [2.05, 4.69) is 0 Å². The Kier molecular flexibility index (Phi) is 4.01. The average molecular weight is 327 g/mol. The van der Waals surface area contributed by atoms with Crippen molar-refractivity contribution in [1.82, 2.24) is 0 Å². The number of rotatable bonds is 2. The van der Waals surface area contributed by atoms with Crippen LogP contribution in [-0.2, 0) is 6.18 Å². The Balaban J connectivity index is 3.55. The summed E-state index contributed by atoms with van der Waals surface area (Å²) >= 11 is 0. The van der Waals surface area contributed by atoms with E-state index in [1.807, 2.05) is 0 Å². The van der Waals surface area contributed by atoms with Gasteiger partial charge >= 0.3 is 18.3 Å². The van der Waals surface area contributed by atoms with Crippen molar-refractivity contribution >= 4 is 5.69 Å². The number of benzene rings is 1. The van der Waals surface area contributed by atoms with Gasteiger partial charge in [-0.15, -0.1) is 0 Å². The van der Waals surface area contributed by atoms with E-state index in [0.717, 1.165) is 0 Å². The van der Waals surface area contributed by atoms with E-state index >= 15 is 0 Å². The standard InChI is InChI=1S/C10H6F9NO/c11-7(8(12,13)10(17,18)19)3-1-2-4(20)6(21)5(3)9(14,15)16/h1-2,7,21H,20H2. The van der Waals surface area contributed by atoms with Gasteiger partial charge in [0.05, 0.1) is 5.69 Å². The highest BCUT2D eigenvalue weighted by atomic mass is 19.4. The lowest BCUT2D eigenvalue weighted by Crippen LogP contribution is -2.41. The molecule has 1 rings (SSSR count). The zero-order valence-corrected chi connectivity index (χ0v) is 9.66. The third-order valence-electron chi connectivity index (χ3n) is 2.49. The fraction of sp³-hybridized carbons (Fsp3) is 0.400. The van der Waals surface area contributed by atoms with Gasteiger partial charge in [-0.1, -0.05) is 6.07 Å². The molecule has 21 heavy (non-hydrogen) atoms. The van der Waals surface area contributed by atoms with Crippen LogP contribution in [0.4, 0.5) is 45.2 Å². The zero-order valence-electron chi connectivity index (χ0n) is 9.66. The van der Waals surface area contributed by atoms with Crippen LogP contribution in [0.15, 0.2) is 12.1 Å². The van der Waals surface area contributed by atoms with Gasteiger partial charge in [0, 0.05) is 5.56 Å². The molecule has 1 unspecified atom stereocenters. The van der Waals surface area contributed by atoms with E-state index in [0.29, 0.717) is 6.07 Å². The van der Waals surface area contributed by atoms with Crippen LogP contribution < -0.4 is 5.73 Å². The summed E-state index contributed by atoms with van der Waals surface area (Å²) in [6, 6.07) is 0.404. The average Bonchev–Trinajstić information content (AvgIpc) is 2.28. The molecule has 1 atom stereocenters. The lowest BCUT2D eigenvalue weighted by atomic mass is 9.96. The second-order valence-corrected chi connectivity index (χ2v) is 3.95. The largest absolute Gasteiger partial charge is 0.505 e. The van der Waals surface area contributed by atoms with Gasteiger partial charge in [-0.3, -0.25) is 0 Å². The maximum absolute atomic E-state index is 13.4. The van der Waals surface area contributed by atoms with Crippen molar-refractivity contribution < 1.29 is 44.6 Å². The second kappa shape index (κ2) is 4.88. The maximum atomic E-state index is 13.4. The van der Waals surface area contributed by atoms with Crippen molar-refractivity contribution in [3.8, 4) is 5.75 Å². The van der Waals surface area contributed by atoms with Gasteiger partial charge in [-0.2, -0.15) is 35.1 Å². The first-order valence-corrected chi connectivity index (χ1v) is 4.98. The molecule has 0 saturated heterocycles. The van der Waals surface area contributed by atoms with Crippen molar-refractivity contribution in [3.63, 3.8) is 0 Å². The fourth-order valence-electron chi connectivity index (χ4n) is 1.47. The number of phenols is 1. The molecule has 11 heteroatoms. The lowest BCUT2D eigenvalue weighted by Gasteiger charge is -2.26. The van der Waals surface area contributed by atoms with E-state index in [1.165, 1.54) is 0 Å². The fourth-order valence-corrected chi connectivity index (χ4v) is 1.47. The molecule has 0 aliphatic rings. The quantitative estimate of drug-likeness (QED) is 0.486. The lowest BCUT2D eigenvalue weighted by molar-refractivity contribution is -0.305. The number of halogens is 9. The van der Waals surface area contributed by atoms with Gasteiger partial charge in [-0.05, 0) is 6.07 Å². The molecule has 0 spiro atoms. The molecule has 0 aromatic heterocycles. The predicted octanol–water partition coefficient (Wildman–Crippen LogP) is 4.20. The van der Waals surface area contributed by atoms with Crippen LogP contribution in [0.5, 0.6) is 5.75 Å². The van der Waals surface area contributed by atoms with E-state index in [9.17, 15) is 39.5 Å². The first-order chi connectivity index (χ1) is 9.21. The molecular weight excluding hydrogens is 321 g/mol. The minimum atomic E-state index is -6.41. The number of nitrogens with two attached hydrogens (primary N) is 1. The molecule has 0 fully saturated rings. The van der Waals surface area contributed by atoms with Crippen molar-refractivity contribution in [2.75, 3.05) is 5.73 Å². The molecular formula is C10H6F9NO. The normalized spacial score (nSPS) is 15.1. The zero-order chi connectivity index (χ0) is 16.8. The summed E-state index contributed by atoms with van der Waals surface area (Å²) in [5.74, 6) is -7.89. The predicted molar refractivity (Wildman–Crippen MR) is 52.4 cm³/mol. The molecule has 0 amide bonds. The molecule has 0 aliphatic carbocycles. The van der Waals surface area contributed by atoms with Crippen LogP contribution >= 0.6 is 0 Å². The molecule has 0 radical (unpaired) electrons. The molecule has 1 aromatic carbocycles. The number of nitrogen functional groups attached to an aromatic ring is 1. The highest BCUT2D eigenvalue weighted by Crippen LogP contribution is 2.51. The van der Waals surface area contributed by atoms with Crippen LogP contribution in [0.2, 0.25) is 0 Å². The number of hydrogen-bond acceptors (Lipinski definition) is 2. The SMILES string of the molecule is Nc1ccc(C(F)C(F)(F)C(F)(F)F)c(C(F)(F)F)c1O. The number of phenolic OH excluding ortho intramolecular Hbond substituents is 1. The van der Waals surface area contributed by atoms with Crippen molar-refractivity contribution in [2.24, 2.45) is 0 Å². The summed E-state index contributed by atoms with van der Waals surface area (Å²) in [6.45, 7) is 0. The van der Waals surface area contributed by atoms with Crippen LogP contribution in [0.1, 0.15) is 17.3 Å². The van der Waals surface area contributed by atoms with Crippen molar-refractivity contribution in [1.29, 1.82) is 0 Å². The Morgan fingerprint density at radius 2 is 1.43 bits per heavy atom. The highest BCUT2D eigenvalue weighted by molar-refractivity contribution is 5.60. The van der Waals surface area contributed by atoms with E-state index in [4.69, 9.17) is 10.8 Å². The van der Waals surface area contributed by atoms with Gasteiger partial charge in [0.1, 0.15) is 5.56 Å². The smallest absolute Gasteiger partial charge is 0.456 e. The molecule has 0 bridgehead atoms. The van der Waals surface area contributed by atoms with E-state index < -0.39 is 47.0 Å². The number of hydrogen-bond donors (Lipinski definition) is 2. The molecule has 1 aromatic rings.